The largest absolute Gasteiger partial charge is 0.368 e. The lowest BCUT2D eigenvalue weighted by atomic mass is 10.0. The number of anilines is 1. The topological polar surface area (TPSA) is 80.9 Å². The molecule has 88 valence electrons. The van der Waals surface area contributed by atoms with Gasteiger partial charge in [-0.1, -0.05) is 13.8 Å². The number of aromatic nitrogens is 2. The molecule has 0 saturated carbocycles. The van der Waals surface area contributed by atoms with Gasteiger partial charge in [0.25, 0.3) is 0 Å². The standard InChI is InChI=1S/C10H15BrN4O/c1-5(2)9(10(12)16)15-8-4-7(11)13-6(3)14-8/h4-5,9H,1-3H3,(H2,12,16)(H,13,14,15). The predicted octanol–water partition coefficient (Wildman–Crippen LogP) is 1.47. The van der Waals surface area contributed by atoms with Crippen molar-refractivity contribution in [1.82, 2.24) is 9.97 Å². The summed E-state index contributed by atoms with van der Waals surface area (Å²) in [7, 11) is 0. The van der Waals surface area contributed by atoms with Crippen LogP contribution in [0, 0.1) is 12.8 Å². The lowest BCUT2D eigenvalue weighted by Gasteiger charge is -2.19. The fourth-order valence-corrected chi connectivity index (χ4v) is 1.80. The van der Waals surface area contributed by atoms with E-state index in [0.717, 1.165) is 0 Å². The van der Waals surface area contributed by atoms with Crippen molar-refractivity contribution in [2.45, 2.75) is 26.8 Å². The summed E-state index contributed by atoms with van der Waals surface area (Å²) in [5.41, 5.74) is 5.31. The molecule has 0 aliphatic rings. The summed E-state index contributed by atoms with van der Waals surface area (Å²) in [4.78, 5) is 19.5. The third-order valence-electron chi connectivity index (χ3n) is 2.08. The van der Waals surface area contributed by atoms with Crippen LogP contribution in [0.1, 0.15) is 19.7 Å². The van der Waals surface area contributed by atoms with E-state index in [1.165, 1.54) is 0 Å². The molecule has 1 rings (SSSR count). The Hall–Kier alpha value is -1.17. The highest BCUT2D eigenvalue weighted by molar-refractivity contribution is 9.10. The SMILES string of the molecule is Cc1nc(Br)cc(NC(C(N)=O)C(C)C)n1. The highest BCUT2D eigenvalue weighted by Crippen LogP contribution is 2.15. The number of nitrogens with zero attached hydrogens (tertiary/aromatic N) is 2. The number of hydrogen-bond acceptors (Lipinski definition) is 4. The summed E-state index contributed by atoms with van der Waals surface area (Å²) in [6, 6.07) is 1.28. The molecular weight excluding hydrogens is 272 g/mol. The molecular formula is C10H15BrN4O. The molecule has 0 spiro atoms. The zero-order valence-corrected chi connectivity index (χ0v) is 11.1. The van der Waals surface area contributed by atoms with Crippen molar-refractivity contribution in [3.63, 3.8) is 0 Å². The van der Waals surface area contributed by atoms with Gasteiger partial charge in [0.2, 0.25) is 5.91 Å². The van der Waals surface area contributed by atoms with Gasteiger partial charge in [-0.2, -0.15) is 0 Å². The van der Waals surface area contributed by atoms with Gasteiger partial charge in [0.15, 0.2) is 0 Å². The Labute approximate surface area is 103 Å². The third-order valence-corrected chi connectivity index (χ3v) is 2.49. The van der Waals surface area contributed by atoms with Crippen molar-refractivity contribution in [3.8, 4) is 0 Å². The van der Waals surface area contributed by atoms with Crippen molar-refractivity contribution >= 4 is 27.7 Å². The maximum Gasteiger partial charge on any atom is 0.240 e. The van der Waals surface area contributed by atoms with E-state index in [-0.39, 0.29) is 11.8 Å². The van der Waals surface area contributed by atoms with Gasteiger partial charge >= 0.3 is 0 Å². The molecule has 1 amide bonds. The predicted molar refractivity (Wildman–Crippen MR) is 65.9 cm³/mol. The zero-order valence-electron chi connectivity index (χ0n) is 9.49. The minimum absolute atomic E-state index is 0.103. The minimum Gasteiger partial charge on any atom is -0.368 e. The van der Waals surface area contributed by atoms with Gasteiger partial charge in [-0.05, 0) is 28.8 Å². The number of nitrogens with two attached hydrogens (primary N) is 1. The van der Waals surface area contributed by atoms with Crippen LogP contribution in [-0.2, 0) is 4.79 Å². The van der Waals surface area contributed by atoms with Gasteiger partial charge in [-0.15, -0.1) is 0 Å². The van der Waals surface area contributed by atoms with Crippen LogP contribution < -0.4 is 11.1 Å². The first kappa shape index (κ1) is 12.9. The van der Waals surface area contributed by atoms with Crippen molar-refractivity contribution in [3.05, 3.63) is 16.5 Å². The highest BCUT2D eigenvalue weighted by atomic mass is 79.9. The van der Waals surface area contributed by atoms with E-state index in [2.05, 4.69) is 31.2 Å². The molecule has 1 aromatic heterocycles. The smallest absolute Gasteiger partial charge is 0.240 e. The molecule has 1 aromatic rings. The van der Waals surface area contributed by atoms with E-state index in [9.17, 15) is 4.79 Å². The molecule has 6 heteroatoms. The molecule has 0 bridgehead atoms. The molecule has 3 N–H and O–H groups in total. The van der Waals surface area contributed by atoms with E-state index < -0.39 is 6.04 Å². The fraction of sp³-hybridized carbons (Fsp3) is 0.500. The number of aryl methyl sites for hydroxylation is 1. The van der Waals surface area contributed by atoms with Gasteiger partial charge in [0, 0.05) is 6.07 Å². The highest BCUT2D eigenvalue weighted by Gasteiger charge is 2.19. The summed E-state index contributed by atoms with van der Waals surface area (Å²) in [6.45, 7) is 5.63. The first-order chi connectivity index (χ1) is 7.40. The van der Waals surface area contributed by atoms with Crippen molar-refractivity contribution in [2.24, 2.45) is 11.7 Å². The molecule has 0 saturated heterocycles. The van der Waals surface area contributed by atoms with Crippen molar-refractivity contribution in [1.29, 1.82) is 0 Å². The normalized spacial score (nSPS) is 12.6. The Balaban J connectivity index is 2.89. The number of primary amides is 1. The quantitative estimate of drug-likeness (QED) is 0.822. The molecule has 0 fully saturated rings. The van der Waals surface area contributed by atoms with Crippen LogP contribution in [0.25, 0.3) is 0 Å². The fourth-order valence-electron chi connectivity index (χ4n) is 1.33. The second kappa shape index (κ2) is 5.25. The molecule has 0 aromatic carbocycles. The van der Waals surface area contributed by atoms with E-state index in [1.54, 1.807) is 13.0 Å². The molecule has 5 nitrogen and oxygen atoms in total. The van der Waals surface area contributed by atoms with E-state index in [0.29, 0.717) is 16.2 Å². The number of hydrogen-bond donors (Lipinski definition) is 2. The Morgan fingerprint density at radius 3 is 2.56 bits per heavy atom. The van der Waals surface area contributed by atoms with Crippen LogP contribution in [0.3, 0.4) is 0 Å². The maximum atomic E-state index is 11.2. The molecule has 0 radical (unpaired) electrons. The minimum atomic E-state index is -0.429. The monoisotopic (exact) mass is 286 g/mol. The maximum absolute atomic E-state index is 11.2. The van der Waals surface area contributed by atoms with Gasteiger partial charge in [-0.3, -0.25) is 4.79 Å². The lowest BCUT2D eigenvalue weighted by molar-refractivity contribution is -0.119. The summed E-state index contributed by atoms with van der Waals surface area (Å²) < 4.78 is 0.675. The Kier molecular flexibility index (Phi) is 4.23. The van der Waals surface area contributed by atoms with Gasteiger partial charge in [0.1, 0.15) is 22.3 Å². The molecule has 1 unspecified atom stereocenters. The Bertz CT molecular complexity index is 374. The van der Waals surface area contributed by atoms with E-state index >= 15 is 0 Å². The molecule has 1 heterocycles. The van der Waals surface area contributed by atoms with Crippen LogP contribution in [0.2, 0.25) is 0 Å². The van der Waals surface area contributed by atoms with Crippen molar-refractivity contribution < 1.29 is 4.79 Å². The first-order valence-electron chi connectivity index (χ1n) is 4.97. The van der Waals surface area contributed by atoms with Gasteiger partial charge < -0.3 is 11.1 Å². The van der Waals surface area contributed by atoms with Gasteiger partial charge in [0.05, 0.1) is 0 Å². The Morgan fingerprint density at radius 1 is 1.50 bits per heavy atom. The summed E-state index contributed by atoms with van der Waals surface area (Å²) in [5, 5.41) is 3.00. The molecule has 0 aliphatic carbocycles. The van der Waals surface area contributed by atoms with Crippen LogP contribution in [0.15, 0.2) is 10.7 Å². The molecule has 16 heavy (non-hydrogen) atoms. The summed E-state index contributed by atoms with van der Waals surface area (Å²) in [5.74, 6) is 0.940. The van der Waals surface area contributed by atoms with E-state index in [1.807, 2.05) is 13.8 Å². The number of halogens is 1. The second-order valence-electron chi connectivity index (χ2n) is 3.89. The van der Waals surface area contributed by atoms with Crippen LogP contribution in [-0.4, -0.2) is 21.9 Å². The second-order valence-corrected chi connectivity index (χ2v) is 4.70. The summed E-state index contributed by atoms with van der Waals surface area (Å²) in [6.07, 6.45) is 0. The zero-order chi connectivity index (χ0) is 12.3. The average Bonchev–Trinajstić information content (AvgIpc) is 2.11. The van der Waals surface area contributed by atoms with Gasteiger partial charge in [-0.25, -0.2) is 9.97 Å². The molecule has 0 aliphatic heterocycles. The average molecular weight is 287 g/mol. The number of nitrogens with one attached hydrogen (secondary N) is 1. The number of rotatable bonds is 4. The lowest BCUT2D eigenvalue weighted by Crippen LogP contribution is -2.39. The van der Waals surface area contributed by atoms with Crippen molar-refractivity contribution in [2.75, 3.05) is 5.32 Å². The molecule has 1 atom stereocenters. The number of carbonyl (C=O) groups excluding carboxylic acids is 1. The van der Waals surface area contributed by atoms with E-state index in [4.69, 9.17) is 5.73 Å². The van der Waals surface area contributed by atoms with Crippen LogP contribution >= 0.6 is 15.9 Å². The van der Waals surface area contributed by atoms with Crippen LogP contribution in [0.4, 0.5) is 5.82 Å². The summed E-state index contributed by atoms with van der Waals surface area (Å²) >= 11 is 3.27. The number of amides is 1. The first-order valence-corrected chi connectivity index (χ1v) is 5.76. The van der Waals surface area contributed by atoms with Crippen LogP contribution in [0.5, 0.6) is 0 Å². The third kappa shape index (κ3) is 3.44. The number of carbonyl (C=O) groups is 1. The Morgan fingerprint density at radius 2 is 2.12 bits per heavy atom.